The maximum Gasteiger partial charge on any atom is 0.203 e. The molecule has 5 nitrogen and oxygen atoms in total. The van der Waals surface area contributed by atoms with Crippen LogP contribution in [0.3, 0.4) is 0 Å². The number of benzene rings is 2. The molecule has 0 saturated carbocycles. The van der Waals surface area contributed by atoms with Crippen LogP contribution in [0.15, 0.2) is 36.4 Å². The van der Waals surface area contributed by atoms with E-state index in [-0.39, 0.29) is 5.92 Å². The molecule has 0 saturated heterocycles. The minimum Gasteiger partial charge on any atom is -0.493 e. The molecule has 3 aromatic rings. The molecule has 1 heterocycles. The highest BCUT2D eigenvalue weighted by Gasteiger charge is 2.20. The summed E-state index contributed by atoms with van der Waals surface area (Å²) in [6, 6.07) is 12.0. The number of aryl methyl sites for hydroxylation is 1. The highest BCUT2D eigenvalue weighted by Crippen LogP contribution is 2.41. The second-order valence-electron chi connectivity index (χ2n) is 5.85. The lowest BCUT2D eigenvalue weighted by atomic mass is 9.94. The van der Waals surface area contributed by atoms with Gasteiger partial charge in [0, 0.05) is 11.3 Å². The van der Waals surface area contributed by atoms with E-state index < -0.39 is 0 Å². The highest BCUT2D eigenvalue weighted by atomic mass is 16.5. The molecule has 2 aromatic carbocycles. The zero-order valence-corrected chi connectivity index (χ0v) is 15.2. The van der Waals surface area contributed by atoms with Gasteiger partial charge in [0.2, 0.25) is 5.75 Å². The molecule has 0 spiro atoms. The first-order chi connectivity index (χ1) is 12.1. The fourth-order valence-electron chi connectivity index (χ4n) is 3.06. The number of methoxy groups -OCH3 is 3. The third-order valence-electron chi connectivity index (χ3n) is 4.34. The van der Waals surface area contributed by atoms with Gasteiger partial charge >= 0.3 is 0 Å². The van der Waals surface area contributed by atoms with E-state index in [0.29, 0.717) is 17.2 Å². The van der Waals surface area contributed by atoms with E-state index in [2.05, 4.69) is 18.0 Å². The van der Waals surface area contributed by atoms with Gasteiger partial charge in [-0.15, -0.1) is 0 Å². The Kier molecular flexibility index (Phi) is 4.74. The molecule has 1 aromatic heterocycles. The van der Waals surface area contributed by atoms with E-state index in [1.807, 2.05) is 37.3 Å². The molecule has 0 radical (unpaired) electrons. The number of aromatic nitrogens is 2. The molecule has 5 heteroatoms. The van der Waals surface area contributed by atoms with E-state index in [1.54, 1.807) is 21.3 Å². The molecule has 0 amide bonds. The van der Waals surface area contributed by atoms with Gasteiger partial charge in [-0.2, -0.15) is 0 Å². The zero-order chi connectivity index (χ0) is 18.0. The fourth-order valence-corrected chi connectivity index (χ4v) is 3.06. The van der Waals surface area contributed by atoms with Crippen molar-refractivity contribution in [2.45, 2.75) is 19.8 Å². The molecule has 0 aliphatic heterocycles. The van der Waals surface area contributed by atoms with Crippen LogP contribution in [-0.2, 0) is 0 Å². The van der Waals surface area contributed by atoms with Gasteiger partial charge in [0.1, 0.15) is 5.82 Å². The van der Waals surface area contributed by atoms with Crippen LogP contribution in [0.25, 0.3) is 10.9 Å². The Bertz CT molecular complexity index is 884. The normalized spacial score (nSPS) is 12.0. The summed E-state index contributed by atoms with van der Waals surface area (Å²) in [4.78, 5) is 9.23. The first kappa shape index (κ1) is 17.0. The predicted molar refractivity (Wildman–Crippen MR) is 97.9 cm³/mol. The van der Waals surface area contributed by atoms with E-state index in [0.717, 1.165) is 28.0 Å². The van der Waals surface area contributed by atoms with E-state index in [4.69, 9.17) is 19.2 Å². The molecule has 0 fully saturated rings. The quantitative estimate of drug-likeness (QED) is 0.700. The Labute approximate surface area is 147 Å². The first-order valence-electron chi connectivity index (χ1n) is 8.12. The number of ether oxygens (including phenoxy) is 3. The third kappa shape index (κ3) is 3.09. The van der Waals surface area contributed by atoms with Crippen molar-refractivity contribution < 1.29 is 14.2 Å². The predicted octanol–water partition coefficient (Wildman–Crippen LogP) is 4.12. The lowest BCUT2D eigenvalue weighted by molar-refractivity contribution is 0.323. The van der Waals surface area contributed by atoms with Gasteiger partial charge in [-0.1, -0.05) is 25.1 Å². The molecule has 130 valence electrons. The van der Waals surface area contributed by atoms with Gasteiger partial charge in [-0.25, -0.2) is 9.97 Å². The van der Waals surface area contributed by atoms with Crippen molar-refractivity contribution in [2.24, 2.45) is 0 Å². The summed E-state index contributed by atoms with van der Waals surface area (Å²) < 4.78 is 16.4. The molecule has 3 rings (SSSR count). The molecule has 0 aliphatic rings. The van der Waals surface area contributed by atoms with Crippen molar-refractivity contribution >= 4 is 10.9 Å². The van der Waals surface area contributed by atoms with Crippen LogP contribution >= 0.6 is 0 Å². The van der Waals surface area contributed by atoms with Crippen molar-refractivity contribution in [1.82, 2.24) is 9.97 Å². The Morgan fingerprint density at radius 1 is 0.880 bits per heavy atom. The Balaban J connectivity index is 2.17. The van der Waals surface area contributed by atoms with Gasteiger partial charge in [0.15, 0.2) is 11.5 Å². The summed E-state index contributed by atoms with van der Waals surface area (Å²) in [5.74, 6) is 2.66. The van der Waals surface area contributed by atoms with Crippen molar-refractivity contribution in [1.29, 1.82) is 0 Å². The van der Waals surface area contributed by atoms with Gasteiger partial charge in [-0.3, -0.25) is 0 Å². The number of hydrogen-bond acceptors (Lipinski definition) is 5. The fraction of sp³-hybridized carbons (Fsp3) is 0.300. The van der Waals surface area contributed by atoms with Crippen LogP contribution in [0.2, 0.25) is 0 Å². The summed E-state index contributed by atoms with van der Waals surface area (Å²) in [6.45, 7) is 4.03. The summed E-state index contributed by atoms with van der Waals surface area (Å²) >= 11 is 0. The molecule has 0 N–H and O–H groups in total. The monoisotopic (exact) mass is 338 g/mol. The maximum atomic E-state index is 5.48. The van der Waals surface area contributed by atoms with Crippen LogP contribution in [0.5, 0.6) is 17.2 Å². The number of para-hydroxylation sites is 1. The molecule has 25 heavy (non-hydrogen) atoms. The topological polar surface area (TPSA) is 53.5 Å². The second-order valence-corrected chi connectivity index (χ2v) is 5.85. The summed E-state index contributed by atoms with van der Waals surface area (Å²) in [5, 5.41) is 1.05. The Hall–Kier alpha value is -2.82. The van der Waals surface area contributed by atoms with Crippen molar-refractivity contribution in [3.63, 3.8) is 0 Å². The van der Waals surface area contributed by atoms with Gasteiger partial charge in [0.25, 0.3) is 0 Å². The van der Waals surface area contributed by atoms with Crippen LogP contribution in [0.4, 0.5) is 0 Å². The Morgan fingerprint density at radius 3 is 2.12 bits per heavy atom. The van der Waals surface area contributed by atoms with Crippen LogP contribution < -0.4 is 14.2 Å². The molecule has 1 unspecified atom stereocenters. The second kappa shape index (κ2) is 6.97. The minimum absolute atomic E-state index is 0.0420. The summed E-state index contributed by atoms with van der Waals surface area (Å²) in [7, 11) is 4.84. The van der Waals surface area contributed by atoms with Crippen LogP contribution in [0, 0.1) is 6.92 Å². The maximum absolute atomic E-state index is 5.48. The summed E-state index contributed by atoms with van der Waals surface area (Å²) in [5.41, 5.74) is 2.97. The Morgan fingerprint density at radius 2 is 1.52 bits per heavy atom. The van der Waals surface area contributed by atoms with E-state index >= 15 is 0 Å². The van der Waals surface area contributed by atoms with E-state index in [9.17, 15) is 0 Å². The number of rotatable bonds is 5. The minimum atomic E-state index is 0.0420. The molecule has 1 atom stereocenters. The molecular weight excluding hydrogens is 316 g/mol. The first-order valence-corrected chi connectivity index (χ1v) is 8.12. The molecule has 0 aliphatic carbocycles. The average Bonchev–Trinajstić information content (AvgIpc) is 2.65. The number of fused-ring (bicyclic) bond motifs is 1. The van der Waals surface area contributed by atoms with Crippen LogP contribution in [0.1, 0.15) is 29.9 Å². The number of nitrogens with zero attached hydrogens (tertiary/aromatic N) is 2. The SMILES string of the molecule is COc1cc(C(C)c2nc(C)nc3ccccc23)cc(OC)c1OC. The molecule has 0 bridgehead atoms. The smallest absolute Gasteiger partial charge is 0.203 e. The van der Waals surface area contributed by atoms with Crippen molar-refractivity contribution in [3.05, 3.63) is 53.5 Å². The zero-order valence-electron chi connectivity index (χ0n) is 15.2. The van der Waals surface area contributed by atoms with Gasteiger partial charge in [0.05, 0.1) is 32.5 Å². The third-order valence-corrected chi connectivity index (χ3v) is 4.34. The highest BCUT2D eigenvalue weighted by molar-refractivity contribution is 5.81. The lowest BCUT2D eigenvalue weighted by Gasteiger charge is -2.19. The van der Waals surface area contributed by atoms with Crippen molar-refractivity contribution in [2.75, 3.05) is 21.3 Å². The number of hydrogen-bond donors (Lipinski definition) is 0. The molecular formula is C20H22N2O3. The van der Waals surface area contributed by atoms with Gasteiger partial charge < -0.3 is 14.2 Å². The van der Waals surface area contributed by atoms with Gasteiger partial charge in [-0.05, 0) is 30.7 Å². The standard InChI is InChI=1S/C20H22N2O3/c1-12(14-10-17(23-3)20(25-5)18(11-14)24-4)19-15-8-6-7-9-16(15)21-13(2)22-19/h6-12H,1-5H3. The largest absolute Gasteiger partial charge is 0.493 e. The van der Waals surface area contributed by atoms with Crippen molar-refractivity contribution in [3.8, 4) is 17.2 Å². The van der Waals surface area contributed by atoms with Crippen LogP contribution in [-0.4, -0.2) is 31.3 Å². The lowest BCUT2D eigenvalue weighted by Crippen LogP contribution is -2.05. The van der Waals surface area contributed by atoms with E-state index in [1.165, 1.54) is 0 Å². The average molecular weight is 338 g/mol. The summed E-state index contributed by atoms with van der Waals surface area (Å²) in [6.07, 6.45) is 0.